The average Bonchev–Trinajstić information content (AvgIpc) is 2.76. The van der Waals surface area contributed by atoms with Crippen molar-refractivity contribution in [3.8, 4) is 0 Å². The molecule has 3 aromatic heterocycles. The second kappa shape index (κ2) is 7.44. The predicted molar refractivity (Wildman–Crippen MR) is 133 cm³/mol. The van der Waals surface area contributed by atoms with Gasteiger partial charge in [-0.3, -0.25) is 14.8 Å². The molecule has 2 aromatic carbocycles. The minimum absolute atomic E-state index is 0.108. The molecule has 0 aliphatic heterocycles. The van der Waals surface area contributed by atoms with Crippen LogP contribution in [0.4, 0.5) is 0 Å². The molecule has 0 aliphatic carbocycles. The van der Waals surface area contributed by atoms with Gasteiger partial charge in [-0.2, -0.15) is 0 Å². The van der Waals surface area contributed by atoms with E-state index in [1.54, 1.807) is 12.4 Å². The number of benzene rings is 2. The van der Waals surface area contributed by atoms with Crippen LogP contribution in [0.25, 0.3) is 43.9 Å². The van der Waals surface area contributed by atoms with Crippen LogP contribution in [0.15, 0.2) is 54.9 Å². The molecular weight excluding hydrogens is 410 g/mol. The smallest absolute Gasteiger partial charge is 0.251 e. The largest absolute Gasteiger partial charge is 0.347 e. The number of carbonyl (C=O) groups excluding carboxylic acids is 1. The molecule has 1 amide bonds. The fourth-order valence-electron chi connectivity index (χ4n) is 4.89. The molecule has 0 fully saturated rings. The molecular formula is C27H27N5O. The summed E-state index contributed by atoms with van der Waals surface area (Å²) in [6.45, 7) is 10.6. The average molecular weight is 438 g/mol. The highest BCUT2D eigenvalue weighted by Gasteiger charge is 2.27. The number of nitrogens with one attached hydrogen (secondary N) is 1. The second-order valence-corrected chi connectivity index (χ2v) is 10.5. The van der Waals surface area contributed by atoms with Gasteiger partial charge in [-0.15, -0.1) is 0 Å². The van der Waals surface area contributed by atoms with Crippen LogP contribution in [-0.4, -0.2) is 31.4 Å². The zero-order chi connectivity index (χ0) is 23.4. The summed E-state index contributed by atoms with van der Waals surface area (Å²) >= 11 is 0. The maximum Gasteiger partial charge on any atom is 0.251 e. The third kappa shape index (κ3) is 3.97. The Kier molecular flexibility index (Phi) is 4.78. The van der Waals surface area contributed by atoms with Gasteiger partial charge in [-0.05, 0) is 68.1 Å². The Morgan fingerprint density at radius 3 is 1.94 bits per heavy atom. The Morgan fingerprint density at radius 1 is 0.788 bits per heavy atom. The zero-order valence-electron chi connectivity index (χ0n) is 19.6. The summed E-state index contributed by atoms with van der Waals surface area (Å²) in [4.78, 5) is 32.0. The lowest BCUT2D eigenvalue weighted by Crippen LogP contribution is -2.45. The van der Waals surface area contributed by atoms with Gasteiger partial charge in [0, 0.05) is 34.3 Å². The lowest BCUT2D eigenvalue weighted by molar-refractivity contribution is 0.0891. The van der Waals surface area contributed by atoms with Gasteiger partial charge in [-0.25, -0.2) is 9.97 Å². The molecule has 3 heterocycles. The molecule has 0 unspecified atom stereocenters. The van der Waals surface area contributed by atoms with Crippen molar-refractivity contribution >= 4 is 49.8 Å². The number of aromatic nitrogens is 4. The quantitative estimate of drug-likeness (QED) is 0.284. The molecule has 0 radical (unpaired) electrons. The topological polar surface area (TPSA) is 80.7 Å². The van der Waals surface area contributed by atoms with Crippen LogP contribution < -0.4 is 5.32 Å². The molecule has 0 aliphatic rings. The first kappa shape index (κ1) is 21.2. The minimum Gasteiger partial charge on any atom is -0.347 e. The predicted octanol–water partition coefficient (Wildman–Crippen LogP) is 5.82. The highest BCUT2D eigenvalue weighted by atomic mass is 16.1. The van der Waals surface area contributed by atoms with E-state index in [0.29, 0.717) is 11.1 Å². The van der Waals surface area contributed by atoms with E-state index in [-0.39, 0.29) is 16.9 Å². The van der Waals surface area contributed by atoms with Crippen molar-refractivity contribution in [2.45, 2.75) is 46.6 Å². The van der Waals surface area contributed by atoms with E-state index >= 15 is 0 Å². The van der Waals surface area contributed by atoms with Crippen molar-refractivity contribution in [2.75, 3.05) is 0 Å². The molecule has 0 spiro atoms. The zero-order valence-corrected chi connectivity index (χ0v) is 19.6. The Morgan fingerprint density at radius 2 is 1.36 bits per heavy atom. The van der Waals surface area contributed by atoms with E-state index in [4.69, 9.17) is 9.97 Å². The standard InChI is InChI=1S/C27H27N5O/c1-26(2,3)15-27(4,5)32-25(33)16-10-11-19-20(14-16)31-24-18-9-7-13-29-22(18)21-17(23(24)30-19)8-6-12-28-21/h6-14H,15H2,1-5H3,(H,32,33). The second-order valence-electron chi connectivity index (χ2n) is 10.5. The van der Waals surface area contributed by atoms with Crippen LogP contribution in [-0.2, 0) is 0 Å². The van der Waals surface area contributed by atoms with Crippen molar-refractivity contribution in [3.05, 3.63) is 60.4 Å². The third-order valence-corrected chi connectivity index (χ3v) is 5.70. The van der Waals surface area contributed by atoms with Crippen LogP contribution in [0, 0.1) is 5.41 Å². The maximum atomic E-state index is 13.1. The summed E-state index contributed by atoms with van der Waals surface area (Å²) in [5, 5.41) is 4.99. The molecule has 33 heavy (non-hydrogen) atoms. The van der Waals surface area contributed by atoms with Gasteiger partial charge in [-0.1, -0.05) is 20.8 Å². The third-order valence-electron chi connectivity index (χ3n) is 5.70. The van der Waals surface area contributed by atoms with Gasteiger partial charge in [0.1, 0.15) is 0 Å². The van der Waals surface area contributed by atoms with Crippen molar-refractivity contribution in [1.29, 1.82) is 0 Å². The number of pyridine rings is 2. The van der Waals surface area contributed by atoms with Crippen LogP contribution in [0.2, 0.25) is 0 Å². The highest BCUT2D eigenvalue weighted by Crippen LogP contribution is 2.32. The van der Waals surface area contributed by atoms with Gasteiger partial charge in [0.05, 0.1) is 33.1 Å². The Balaban J connectivity index is 1.65. The van der Waals surface area contributed by atoms with E-state index in [9.17, 15) is 4.79 Å². The number of nitrogens with zero attached hydrogens (tertiary/aromatic N) is 4. The van der Waals surface area contributed by atoms with Gasteiger partial charge in [0.15, 0.2) is 0 Å². The summed E-state index contributed by atoms with van der Waals surface area (Å²) in [7, 11) is 0. The Hall–Kier alpha value is -3.67. The molecule has 0 bridgehead atoms. The van der Waals surface area contributed by atoms with E-state index in [1.165, 1.54) is 0 Å². The van der Waals surface area contributed by atoms with E-state index < -0.39 is 0 Å². The van der Waals surface area contributed by atoms with Crippen LogP contribution in [0.5, 0.6) is 0 Å². The first-order valence-electron chi connectivity index (χ1n) is 11.2. The summed E-state index contributed by atoms with van der Waals surface area (Å²) in [6, 6.07) is 13.3. The monoisotopic (exact) mass is 437 g/mol. The minimum atomic E-state index is -0.326. The Bertz CT molecular complexity index is 1550. The molecule has 0 saturated carbocycles. The van der Waals surface area contributed by atoms with Crippen molar-refractivity contribution in [1.82, 2.24) is 25.3 Å². The molecule has 6 heteroatoms. The van der Waals surface area contributed by atoms with Crippen molar-refractivity contribution in [2.24, 2.45) is 5.41 Å². The lowest BCUT2D eigenvalue weighted by Gasteiger charge is -2.33. The van der Waals surface area contributed by atoms with Crippen LogP contribution in [0.3, 0.4) is 0 Å². The number of carbonyl (C=O) groups is 1. The van der Waals surface area contributed by atoms with Crippen molar-refractivity contribution < 1.29 is 4.79 Å². The fraction of sp³-hybridized carbons (Fsp3) is 0.296. The fourth-order valence-corrected chi connectivity index (χ4v) is 4.89. The first-order valence-corrected chi connectivity index (χ1v) is 11.2. The van der Waals surface area contributed by atoms with Gasteiger partial charge >= 0.3 is 0 Å². The molecule has 1 N–H and O–H groups in total. The number of amides is 1. The van der Waals surface area contributed by atoms with Crippen LogP contribution >= 0.6 is 0 Å². The molecule has 0 atom stereocenters. The molecule has 166 valence electrons. The summed E-state index contributed by atoms with van der Waals surface area (Å²) in [5.74, 6) is -0.109. The van der Waals surface area contributed by atoms with E-state index in [1.807, 2.05) is 42.5 Å². The maximum absolute atomic E-state index is 13.1. The molecule has 6 nitrogen and oxygen atoms in total. The van der Waals surface area contributed by atoms with Crippen LogP contribution in [0.1, 0.15) is 51.4 Å². The number of fused-ring (bicyclic) bond motifs is 7. The molecule has 5 aromatic rings. The van der Waals surface area contributed by atoms with Crippen molar-refractivity contribution in [3.63, 3.8) is 0 Å². The lowest BCUT2D eigenvalue weighted by atomic mass is 9.81. The normalized spacial score (nSPS) is 12.6. The van der Waals surface area contributed by atoms with Gasteiger partial charge < -0.3 is 5.32 Å². The Labute approximate surface area is 192 Å². The summed E-state index contributed by atoms with van der Waals surface area (Å²) < 4.78 is 0. The van der Waals surface area contributed by atoms with E-state index in [0.717, 1.165) is 44.8 Å². The summed E-state index contributed by atoms with van der Waals surface area (Å²) in [5.41, 5.74) is 4.93. The first-order chi connectivity index (χ1) is 15.6. The highest BCUT2D eigenvalue weighted by molar-refractivity contribution is 6.21. The summed E-state index contributed by atoms with van der Waals surface area (Å²) in [6.07, 6.45) is 4.39. The number of hydrogen-bond acceptors (Lipinski definition) is 5. The van der Waals surface area contributed by atoms with Gasteiger partial charge in [0.2, 0.25) is 0 Å². The van der Waals surface area contributed by atoms with Gasteiger partial charge in [0.25, 0.3) is 5.91 Å². The number of hydrogen-bond donors (Lipinski definition) is 1. The number of rotatable bonds is 3. The van der Waals surface area contributed by atoms with E-state index in [2.05, 4.69) is 49.9 Å². The molecule has 5 rings (SSSR count). The molecule has 0 saturated heterocycles. The SMILES string of the molecule is CC(C)(C)CC(C)(C)NC(=O)c1ccc2nc3c4cccnc4c4ncccc4c3nc2c1.